The average molecular weight is 209 g/mol. The molecule has 1 saturated heterocycles. The summed E-state index contributed by atoms with van der Waals surface area (Å²) in [6.07, 6.45) is 4.30. The van der Waals surface area contributed by atoms with Crippen LogP contribution in [0, 0.1) is 0 Å². The first-order valence-corrected chi connectivity index (χ1v) is 5.67. The number of aryl methyl sites for hydroxylation is 1. The van der Waals surface area contributed by atoms with Crippen LogP contribution in [0.1, 0.15) is 25.5 Å². The van der Waals surface area contributed by atoms with E-state index in [0.29, 0.717) is 6.42 Å². The van der Waals surface area contributed by atoms with Gasteiger partial charge in [-0.05, 0) is 38.9 Å². The van der Waals surface area contributed by atoms with E-state index < -0.39 is 5.60 Å². The molecular formula is C11H19N3O. The lowest BCUT2D eigenvalue weighted by atomic mass is 9.88. The number of piperidine rings is 1. The molecule has 0 spiro atoms. The second kappa shape index (κ2) is 4.33. The van der Waals surface area contributed by atoms with Crippen LogP contribution in [0.2, 0.25) is 0 Å². The average Bonchev–Trinajstić information content (AvgIpc) is 2.66. The highest BCUT2D eigenvalue weighted by molar-refractivity contribution is 5.05. The number of nitrogens with one attached hydrogen (secondary N) is 1. The minimum absolute atomic E-state index is 0.543. The molecule has 1 aromatic heterocycles. The van der Waals surface area contributed by atoms with Crippen LogP contribution in [-0.4, -0.2) is 33.6 Å². The summed E-state index contributed by atoms with van der Waals surface area (Å²) in [5.41, 5.74) is 0.458. The van der Waals surface area contributed by atoms with E-state index in [-0.39, 0.29) is 0 Å². The molecule has 0 saturated carbocycles. The Kier molecular flexibility index (Phi) is 3.07. The van der Waals surface area contributed by atoms with E-state index in [1.807, 2.05) is 16.9 Å². The molecule has 0 bridgehead atoms. The predicted octanol–water partition coefficient (Wildman–Crippen LogP) is 0.560. The molecule has 4 heteroatoms. The van der Waals surface area contributed by atoms with Gasteiger partial charge < -0.3 is 10.4 Å². The van der Waals surface area contributed by atoms with Crippen LogP contribution < -0.4 is 5.32 Å². The lowest BCUT2D eigenvalue weighted by molar-refractivity contribution is 0.00991. The lowest BCUT2D eigenvalue weighted by Crippen LogP contribution is -2.43. The smallest absolute Gasteiger partial charge is 0.0727 e. The number of hydrogen-bond acceptors (Lipinski definition) is 3. The summed E-state index contributed by atoms with van der Waals surface area (Å²) in [6, 6.07) is 2.00. The van der Waals surface area contributed by atoms with E-state index in [9.17, 15) is 5.11 Å². The van der Waals surface area contributed by atoms with Crippen LogP contribution in [0.3, 0.4) is 0 Å². The van der Waals surface area contributed by atoms with Gasteiger partial charge >= 0.3 is 0 Å². The van der Waals surface area contributed by atoms with E-state index in [0.717, 1.165) is 38.2 Å². The minimum Gasteiger partial charge on any atom is -0.389 e. The van der Waals surface area contributed by atoms with Gasteiger partial charge in [-0.1, -0.05) is 0 Å². The third-order valence-corrected chi connectivity index (χ3v) is 3.06. The molecule has 1 aliphatic heterocycles. The zero-order valence-corrected chi connectivity index (χ0v) is 9.24. The van der Waals surface area contributed by atoms with E-state index in [2.05, 4.69) is 17.3 Å². The normalized spacial score (nSPS) is 20.4. The van der Waals surface area contributed by atoms with Gasteiger partial charge in [0.15, 0.2) is 0 Å². The maximum Gasteiger partial charge on any atom is 0.0727 e. The summed E-state index contributed by atoms with van der Waals surface area (Å²) in [4.78, 5) is 0. The van der Waals surface area contributed by atoms with Gasteiger partial charge in [0.25, 0.3) is 0 Å². The first-order chi connectivity index (χ1) is 7.22. The third kappa shape index (κ3) is 2.58. The molecule has 15 heavy (non-hydrogen) atoms. The highest BCUT2D eigenvalue weighted by atomic mass is 16.3. The summed E-state index contributed by atoms with van der Waals surface area (Å²) < 4.78 is 1.90. The van der Waals surface area contributed by atoms with Crippen molar-refractivity contribution in [1.82, 2.24) is 15.1 Å². The first kappa shape index (κ1) is 10.6. The van der Waals surface area contributed by atoms with Gasteiger partial charge in [-0.3, -0.25) is 4.68 Å². The monoisotopic (exact) mass is 209 g/mol. The van der Waals surface area contributed by atoms with Gasteiger partial charge in [-0.2, -0.15) is 5.10 Å². The van der Waals surface area contributed by atoms with Crippen molar-refractivity contribution >= 4 is 0 Å². The fourth-order valence-corrected chi connectivity index (χ4v) is 2.08. The lowest BCUT2D eigenvalue weighted by Gasteiger charge is -2.31. The second-order valence-corrected chi connectivity index (χ2v) is 4.31. The van der Waals surface area contributed by atoms with Gasteiger partial charge in [0.1, 0.15) is 0 Å². The Morgan fingerprint density at radius 3 is 2.87 bits per heavy atom. The van der Waals surface area contributed by atoms with E-state index in [1.165, 1.54) is 0 Å². The van der Waals surface area contributed by atoms with Crippen molar-refractivity contribution in [1.29, 1.82) is 0 Å². The molecule has 0 aromatic carbocycles. The maximum atomic E-state index is 10.3. The Morgan fingerprint density at radius 2 is 2.27 bits per heavy atom. The highest BCUT2D eigenvalue weighted by Gasteiger charge is 2.29. The molecule has 4 nitrogen and oxygen atoms in total. The van der Waals surface area contributed by atoms with Gasteiger partial charge in [-0.25, -0.2) is 0 Å². The fourth-order valence-electron chi connectivity index (χ4n) is 2.08. The van der Waals surface area contributed by atoms with E-state index in [4.69, 9.17) is 0 Å². The van der Waals surface area contributed by atoms with Crippen LogP contribution >= 0.6 is 0 Å². The zero-order chi connectivity index (χ0) is 10.7. The summed E-state index contributed by atoms with van der Waals surface area (Å²) in [7, 11) is 0. The summed E-state index contributed by atoms with van der Waals surface area (Å²) in [6.45, 7) is 4.77. The standard InChI is InChI=1S/C11H19N3O/c1-2-14-8-3-10(13-14)9-11(15)4-6-12-7-5-11/h3,8,12,15H,2,4-7,9H2,1H3. The summed E-state index contributed by atoms with van der Waals surface area (Å²) >= 11 is 0. The topological polar surface area (TPSA) is 50.1 Å². The Morgan fingerprint density at radius 1 is 1.53 bits per heavy atom. The molecule has 0 unspecified atom stereocenters. The number of nitrogens with zero attached hydrogens (tertiary/aromatic N) is 2. The van der Waals surface area contributed by atoms with Crippen molar-refractivity contribution in [3.8, 4) is 0 Å². The number of aromatic nitrogens is 2. The Labute approximate surface area is 90.3 Å². The Bertz CT molecular complexity index is 315. The Hall–Kier alpha value is -0.870. The molecule has 0 aliphatic carbocycles. The summed E-state index contributed by atoms with van der Waals surface area (Å²) in [5.74, 6) is 0. The van der Waals surface area contributed by atoms with Crippen molar-refractivity contribution in [3.63, 3.8) is 0 Å². The molecule has 0 amide bonds. The van der Waals surface area contributed by atoms with Crippen LogP contribution in [-0.2, 0) is 13.0 Å². The molecule has 1 aromatic rings. The fraction of sp³-hybridized carbons (Fsp3) is 0.727. The second-order valence-electron chi connectivity index (χ2n) is 4.31. The third-order valence-electron chi connectivity index (χ3n) is 3.06. The van der Waals surface area contributed by atoms with Crippen LogP contribution in [0.5, 0.6) is 0 Å². The van der Waals surface area contributed by atoms with Gasteiger partial charge in [0.2, 0.25) is 0 Å². The molecule has 2 N–H and O–H groups in total. The van der Waals surface area contributed by atoms with Crippen LogP contribution in [0.25, 0.3) is 0 Å². The first-order valence-electron chi connectivity index (χ1n) is 5.67. The minimum atomic E-state index is -0.543. The van der Waals surface area contributed by atoms with Crippen molar-refractivity contribution < 1.29 is 5.11 Å². The molecular weight excluding hydrogens is 190 g/mol. The Balaban J connectivity index is 2.00. The predicted molar refractivity (Wildman–Crippen MR) is 58.7 cm³/mol. The quantitative estimate of drug-likeness (QED) is 0.765. The SMILES string of the molecule is CCn1ccc(CC2(O)CCNCC2)n1. The van der Waals surface area contributed by atoms with Crippen LogP contribution in [0.15, 0.2) is 12.3 Å². The molecule has 0 atom stereocenters. The molecule has 1 aliphatic rings. The van der Waals surface area contributed by atoms with Crippen molar-refractivity contribution in [2.75, 3.05) is 13.1 Å². The maximum absolute atomic E-state index is 10.3. The van der Waals surface area contributed by atoms with Gasteiger partial charge in [-0.15, -0.1) is 0 Å². The van der Waals surface area contributed by atoms with Gasteiger partial charge in [0.05, 0.1) is 11.3 Å². The van der Waals surface area contributed by atoms with E-state index in [1.54, 1.807) is 0 Å². The molecule has 2 heterocycles. The molecule has 1 fully saturated rings. The van der Waals surface area contributed by atoms with Crippen molar-refractivity contribution in [2.45, 2.75) is 38.3 Å². The number of aliphatic hydroxyl groups is 1. The van der Waals surface area contributed by atoms with Gasteiger partial charge in [0, 0.05) is 19.2 Å². The highest BCUT2D eigenvalue weighted by Crippen LogP contribution is 2.22. The largest absolute Gasteiger partial charge is 0.389 e. The van der Waals surface area contributed by atoms with Crippen molar-refractivity contribution in [2.24, 2.45) is 0 Å². The summed E-state index contributed by atoms with van der Waals surface area (Å²) in [5, 5.41) is 18.0. The van der Waals surface area contributed by atoms with Crippen LogP contribution in [0.4, 0.5) is 0 Å². The van der Waals surface area contributed by atoms with E-state index >= 15 is 0 Å². The number of hydrogen-bond donors (Lipinski definition) is 2. The molecule has 2 rings (SSSR count). The number of rotatable bonds is 3. The van der Waals surface area contributed by atoms with Crippen molar-refractivity contribution in [3.05, 3.63) is 18.0 Å². The molecule has 0 radical (unpaired) electrons. The zero-order valence-electron chi connectivity index (χ0n) is 9.24. The molecule has 84 valence electrons.